The van der Waals surface area contributed by atoms with Gasteiger partial charge in [0.25, 0.3) is 0 Å². The van der Waals surface area contributed by atoms with Crippen LogP contribution in [0.1, 0.15) is 32.8 Å². The van der Waals surface area contributed by atoms with Crippen LogP contribution in [0.15, 0.2) is 36.5 Å². The van der Waals surface area contributed by atoms with Gasteiger partial charge in [0, 0.05) is 13.1 Å². The van der Waals surface area contributed by atoms with Crippen molar-refractivity contribution in [3.63, 3.8) is 0 Å². The van der Waals surface area contributed by atoms with Crippen LogP contribution in [-0.4, -0.2) is 29.7 Å². The van der Waals surface area contributed by atoms with Crippen molar-refractivity contribution in [1.29, 1.82) is 0 Å². The summed E-state index contributed by atoms with van der Waals surface area (Å²) in [7, 11) is 0. The van der Waals surface area contributed by atoms with Crippen molar-refractivity contribution in [2.45, 2.75) is 40.2 Å². The molecule has 0 aliphatic rings. The maximum absolute atomic E-state index is 11.2. The highest BCUT2D eigenvalue weighted by molar-refractivity contribution is 5.88. The number of nitrogens with one attached hydrogen (secondary N) is 1. The molecule has 7 nitrogen and oxygen atoms in total. The van der Waals surface area contributed by atoms with Crippen molar-refractivity contribution in [3.8, 4) is 16.9 Å². The van der Waals surface area contributed by atoms with E-state index in [0.29, 0.717) is 23.9 Å². The molecule has 0 spiro atoms. The number of hydrogen-bond acceptors (Lipinski definition) is 5. The van der Waals surface area contributed by atoms with Gasteiger partial charge in [-0.1, -0.05) is 19.9 Å². The summed E-state index contributed by atoms with van der Waals surface area (Å²) in [4.78, 5) is 26.4. The number of ether oxygens (including phenoxy) is 2. The van der Waals surface area contributed by atoms with E-state index >= 15 is 0 Å². The topological polar surface area (TPSA) is 104 Å². The Balaban J connectivity index is 2.11. The molecule has 0 aliphatic heterocycles. The van der Waals surface area contributed by atoms with Crippen LogP contribution < -0.4 is 15.8 Å². The third-order valence-corrected chi connectivity index (χ3v) is 4.01. The molecule has 2 amide bonds. The number of carbonyl (C=O) groups is 2. The highest BCUT2D eigenvalue weighted by atomic mass is 16.6. The number of aryl methyl sites for hydroxylation is 1. The predicted octanol–water partition coefficient (Wildman–Crippen LogP) is 3.90. The van der Waals surface area contributed by atoms with E-state index in [1.807, 2.05) is 51.1 Å². The number of benzene rings is 1. The number of pyridine rings is 1. The van der Waals surface area contributed by atoms with Gasteiger partial charge >= 0.3 is 6.09 Å². The quantitative estimate of drug-likeness (QED) is 0.717. The average Bonchev–Trinajstić information content (AvgIpc) is 2.59. The van der Waals surface area contributed by atoms with Crippen LogP contribution in [0.25, 0.3) is 11.1 Å². The first kappa shape index (κ1) is 21.2. The van der Waals surface area contributed by atoms with Gasteiger partial charge in [0.1, 0.15) is 24.3 Å². The number of carbonyl (C=O) groups excluding carboxylic acids is 2. The van der Waals surface area contributed by atoms with E-state index in [9.17, 15) is 9.59 Å². The Morgan fingerprint density at radius 2 is 1.89 bits per heavy atom. The SMILES string of the molecule is CC(=O)Nc1cc(-c2ccc(OCC(CC(C)C)OC(N)=O)c(C)c2)ccn1. The summed E-state index contributed by atoms with van der Waals surface area (Å²) >= 11 is 0. The summed E-state index contributed by atoms with van der Waals surface area (Å²) in [5.74, 6) is 1.39. The fourth-order valence-corrected chi connectivity index (χ4v) is 2.87. The summed E-state index contributed by atoms with van der Waals surface area (Å²) in [6.45, 7) is 7.71. The van der Waals surface area contributed by atoms with Gasteiger partial charge in [0.05, 0.1) is 0 Å². The van der Waals surface area contributed by atoms with Crippen LogP contribution in [0.4, 0.5) is 10.6 Å². The van der Waals surface area contributed by atoms with Crippen molar-refractivity contribution >= 4 is 17.8 Å². The zero-order valence-electron chi connectivity index (χ0n) is 16.7. The van der Waals surface area contributed by atoms with Crippen LogP contribution in [0.2, 0.25) is 0 Å². The molecule has 0 fully saturated rings. The molecule has 2 aromatic rings. The monoisotopic (exact) mass is 385 g/mol. The van der Waals surface area contributed by atoms with E-state index in [4.69, 9.17) is 15.2 Å². The molecular formula is C21H27N3O4. The number of primary amides is 1. The fraction of sp³-hybridized carbons (Fsp3) is 0.381. The first-order valence-corrected chi connectivity index (χ1v) is 9.18. The fourth-order valence-electron chi connectivity index (χ4n) is 2.87. The second kappa shape index (κ2) is 9.73. The van der Waals surface area contributed by atoms with E-state index in [0.717, 1.165) is 16.7 Å². The number of nitrogens with two attached hydrogens (primary N) is 1. The Labute approximate surface area is 165 Å². The lowest BCUT2D eigenvalue weighted by Crippen LogP contribution is -2.29. The van der Waals surface area contributed by atoms with Gasteiger partial charge in [0.2, 0.25) is 5.91 Å². The molecule has 0 saturated heterocycles. The molecule has 1 atom stereocenters. The third-order valence-electron chi connectivity index (χ3n) is 4.01. The smallest absolute Gasteiger partial charge is 0.404 e. The Bertz CT molecular complexity index is 836. The summed E-state index contributed by atoms with van der Waals surface area (Å²) < 4.78 is 11.0. The van der Waals surface area contributed by atoms with E-state index in [2.05, 4.69) is 10.3 Å². The van der Waals surface area contributed by atoms with Gasteiger partial charge in [-0.3, -0.25) is 4.79 Å². The summed E-state index contributed by atoms with van der Waals surface area (Å²) in [6, 6.07) is 9.49. The highest BCUT2D eigenvalue weighted by Gasteiger charge is 2.16. The highest BCUT2D eigenvalue weighted by Crippen LogP contribution is 2.27. The molecule has 2 rings (SSSR count). The molecule has 28 heavy (non-hydrogen) atoms. The molecule has 1 aromatic heterocycles. The van der Waals surface area contributed by atoms with Crippen LogP contribution in [-0.2, 0) is 9.53 Å². The minimum Gasteiger partial charge on any atom is -0.489 e. The summed E-state index contributed by atoms with van der Waals surface area (Å²) in [5.41, 5.74) is 8.00. The second-order valence-corrected chi connectivity index (χ2v) is 7.09. The Hall–Kier alpha value is -3.09. The van der Waals surface area contributed by atoms with Crippen LogP contribution in [0, 0.1) is 12.8 Å². The first-order chi connectivity index (χ1) is 13.2. The minimum absolute atomic E-state index is 0.168. The molecule has 0 saturated carbocycles. The second-order valence-electron chi connectivity index (χ2n) is 7.09. The number of amides is 2. The lowest BCUT2D eigenvalue weighted by Gasteiger charge is -2.20. The van der Waals surface area contributed by atoms with Crippen molar-refractivity contribution in [3.05, 3.63) is 42.1 Å². The predicted molar refractivity (Wildman–Crippen MR) is 108 cm³/mol. The van der Waals surface area contributed by atoms with Gasteiger partial charge in [-0.25, -0.2) is 9.78 Å². The lowest BCUT2D eigenvalue weighted by molar-refractivity contribution is -0.114. The van der Waals surface area contributed by atoms with Crippen molar-refractivity contribution in [2.75, 3.05) is 11.9 Å². The number of anilines is 1. The maximum Gasteiger partial charge on any atom is 0.404 e. The Morgan fingerprint density at radius 1 is 1.18 bits per heavy atom. The van der Waals surface area contributed by atoms with Crippen molar-refractivity contribution < 1.29 is 19.1 Å². The first-order valence-electron chi connectivity index (χ1n) is 9.18. The zero-order valence-corrected chi connectivity index (χ0v) is 16.7. The molecule has 7 heteroatoms. The molecule has 150 valence electrons. The number of rotatable bonds is 8. The van der Waals surface area contributed by atoms with Gasteiger partial charge in [-0.15, -0.1) is 0 Å². The van der Waals surface area contributed by atoms with Gasteiger partial charge in [-0.05, 0) is 60.2 Å². The van der Waals surface area contributed by atoms with Crippen molar-refractivity contribution in [1.82, 2.24) is 4.98 Å². The standard InChI is InChI=1S/C21H27N3O4/c1-13(2)9-18(28-21(22)26)12-27-19-6-5-16(10-14(19)3)17-7-8-23-20(11-17)24-15(4)25/h5-8,10-11,13,18H,9,12H2,1-4H3,(H2,22,26)(H,23,24,25). The van der Waals surface area contributed by atoms with Gasteiger partial charge in [0.15, 0.2) is 0 Å². The largest absolute Gasteiger partial charge is 0.489 e. The summed E-state index contributed by atoms with van der Waals surface area (Å²) in [6.07, 6.45) is 1.13. The number of aromatic nitrogens is 1. The van der Waals surface area contributed by atoms with E-state index in [1.54, 1.807) is 6.20 Å². The Kier molecular flexibility index (Phi) is 7.37. The molecule has 3 N–H and O–H groups in total. The molecular weight excluding hydrogens is 358 g/mol. The average molecular weight is 385 g/mol. The van der Waals surface area contributed by atoms with Crippen LogP contribution in [0.3, 0.4) is 0 Å². The lowest BCUT2D eigenvalue weighted by atomic mass is 10.0. The van der Waals surface area contributed by atoms with Crippen molar-refractivity contribution in [2.24, 2.45) is 11.7 Å². The molecule has 0 aliphatic carbocycles. The zero-order chi connectivity index (χ0) is 20.7. The third kappa shape index (κ3) is 6.57. The van der Waals surface area contributed by atoms with Gasteiger partial charge in [-0.2, -0.15) is 0 Å². The maximum atomic E-state index is 11.2. The molecule has 1 unspecified atom stereocenters. The molecule has 1 heterocycles. The molecule has 1 aromatic carbocycles. The summed E-state index contributed by atoms with van der Waals surface area (Å²) in [5, 5.41) is 2.68. The van der Waals surface area contributed by atoms with E-state index in [-0.39, 0.29) is 12.5 Å². The van der Waals surface area contributed by atoms with Gasteiger partial charge < -0.3 is 20.5 Å². The van der Waals surface area contributed by atoms with Crippen LogP contribution >= 0.6 is 0 Å². The molecule has 0 bridgehead atoms. The number of nitrogens with zero attached hydrogens (tertiary/aromatic N) is 1. The normalized spacial score (nSPS) is 11.8. The van der Waals surface area contributed by atoms with E-state index in [1.165, 1.54) is 6.92 Å². The minimum atomic E-state index is -0.797. The number of hydrogen-bond donors (Lipinski definition) is 2. The Morgan fingerprint density at radius 3 is 2.50 bits per heavy atom. The van der Waals surface area contributed by atoms with Crippen LogP contribution in [0.5, 0.6) is 5.75 Å². The van der Waals surface area contributed by atoms with E-state index < -0.39 is 12.2 Å². The molecule has 0 radical (unpaired) electrons.